The van der Waals surface area contributed by atoms with Gasteiger partial charge in [-0.25, -0.2) is 4.79 Å². The number of fused-ring (bicyclic) bond motifs is 3. The summed E-state index contributed by atoms with van der Waals surface area (Å²) in [6.07, 6.45) is 1.73. The first kappa shape index (κ1) is 11.6. The number of benzene rings is 1. The zero-order valence-corrected chi connectivity index (χ0v) is 10.4. The molecule has 96 valence electrons. The molecular formula is C14H12N2O3. The molecule has 0 fully saturated rings. The highest BCUT2D eigenvalue weighted by Crippen LogP contribution is 2.25. The molecule has 3 rings (SSSR count). The minimum absolute atomic E-state index is 0.217. The van der Waals surface area contributed by atoms with E-state index in [-0.39, 0.29) is 5.71 Å². The van der Waals surface area contributed by atoms with E-state index in [0.29, 0.717) is 13.2 Å². The van der Waals surface area contributed by atoms with Gasteiger partial charge in [-0.3, -0.25) is 4.98 Å². The number of rotatable bonds is 2. The quantitative estimate of drug-likeness (QED) is 0.771. The number of oxime groups is 1. The van der Waals surface area contributed by atoms with E-state index in [2.05, 4.69) is 10.1 Å². The van der Waals surface area contributed by atoms with Crippen molar-refractivity contribution < 1.29 is 14.4 Å². The molecule has 0 unspecified atom stereocenters. The van der Waals surface area contributed by atoms with Crippen LogP contribution >= 0.6 is 0 Å². The molecule has 1 aromatic carbocycles. The lowest BCUT2D eigenvalue weighted by Gasteiger charge is -2.17. The van der Waals surface area contributed by atoms with Crippen LogP contribution in [0.5, 0.6) is 0 Å². The zero-order chi connectivity index (χ0) is 13.2. The lowest BCUT2D eigenvalue weighted by atomic mass is 9.98. The van der Waals surface area contributed by atoms with E-state index in [1.807, 2.05) is 24.3 Å². The van der Waals surface area contributed by atoms with Crippen molar-refractivity contribution in [1.82, 2.24) is 4.98 Å². The summed E-state index contributed by atoms with van der Waals surface area (Å²) in [5.41, 5.74) is 2.76. The molecule has 0 saturated carbocycles. The van der Waals surface area contributed by atoms with Crippen LogP contribution in [0, 0.1) is 0 Å². The summed E-state index contributed by atoms with van der Waals surface area (Å²) in [5, 5.41) is 4.79. The number of esters is 1. The van der Waals surface area contributed by atoms with E-state index in [9.17, 15) is 4.79 Å². The molecule has 0 radical (unpaired) electrons. The van der Waals surface area contributed by atoms with Crippen LogP contribution in [-0.4, -0.2) is 23.3 Å². The number of aromatic nitrogens is 1. The van der Waals surface area contributed by atoms with E-state index in [0.717, 1.165) is 22.0 Å². The van der Waals surface area contributed by atoms with Crippen molar-refractivity contribution >= 4 is 22.6 Å². The Bertz CT molecular complexity index is 679. The third kappa shape index (κ3) is 1.93. The molecule has 19 heavy (non-hydrogen) atoms. The Morgan fingerprint density at radius 1 is 1.42 bits per heavy atom. The maximum atomic E-state index is 11.8. The van der Waals surface area contributed by atoms with Crippen molar-refractivity contribution in [2.24, 2.45) is 5.16 Å². The van der Waals surface area contributed by atoms with E-state index < -0.39 is 5.97 Å². The summed E-state index contributed by atoms with van der Waals surface area (Å²) < 4.78 is 4.98. The Hall–Kier alpha value is -2.43. The summed E-state index contributed by atoms with van der Waals surface area (Å²) in [5.74, 6) is -0.466. The number of ether oxygens (including phenoxy) is 1. The van der Waals surface area contributed by atoms with Crippen molar-refractivity contribution in [1.29, 1.82) is 0 Å². The lowest BCUT2D eigenvalue weighted by Crippen LogP contribution is -2.23. The molecule has 5 heteroatoms. The molecule has 0 amide bonds. The number of carbonyl (C=O) groups is 1. The summed E-state index contributed by atoms with van der Waals surface area (Å²) in [6.45, 7) is 2.40. The first-order chi connectivity index (χ1) is 9.31. The van der Waals surface area contributed by atoms with E-state index in [1.54, 1.807) is 13.1 Å². The summed E-state index contributed by atoms with van der Waals surface area (Å²) in [7, 11) is 0. The molecule has 0 saturated heterocycles. The van der Waals surface area contributed by atoms with Gasteiger partial charge in [0.1, 0.15) is 6.61 Å². The van der Waals surface area contributed by atoms with Gasteiger partial charge in [0.05, 0.1) is 12.1 Å². The maximum absolute atomic E-state index is 11.8. The van der Waals surface area contributed by atoms with E-state index in [4.69, 9.17) is 9.57 Å². The van der Waals surface area contributed by atoms with Gasteiger partial charge in [0.2, 0.25) is 0 Å². The van der Waals surface area contributed by atoms with Gasteiger partial charge in [-0.1, -0.05) is 11.2 Å². The number of nitrogens with zero attached hydrogens (tertiary/aromatic N) is 2. The second-order valence-corrected chi connectivity index (χ2v) is 4.10. The van der Waals surface area contributed by atoms with Crippen LogP contribution in [0.2, 0.25) is 0 Å². The minimum Gasteiger partial charge on any atom is -0.461 e. The third-order valence-electron chi connectivity index (χ3n) is 2.99. The van der Waals surface area contributed by atoms with Crippen molar-refractivity contribution in [3.63, 3.8) is 0 Å². The molecule has 2 heterocycles. The predicted molar refractivity (Wildman–Crippen MR) is 69.7 cm³/mol. The van der Waals surface area contributed by atoms with Crippen LogP contribution in [0.3, 0.4) is 0 Å². The number of pyridine rings is 1. The van der Waals surface area contributed by atoms with Crippen molar-refractivity contribution in [2.75, 3.05) is 6.61 Å². The van der Waals surface area contributed by atoms with Gasteiger partial charge >= 0.3 is 5.97 Å². The van der Waals surface area contributed by atoms with Crippen LogP contribution in [-0.2, 0) is 21.0 Å². The van der Waals surface area contributed by atoms with Crippen molar-refractivity contribution in [3.05, 3.63) is 41.6 Å². The monoisotopic (exact) mass is 256 g/mol. The molecule has 0 N–H and O–H groups in total. The van der Waals surface area contributed by atoms with Gasteiger partial charge in [0.25, 0.3) is 0 Å². The molecule has 2 aromatic rings. The molecular weight excluding hydrogens is 244 g/mol. The highest BCUT2D eigenvalue weighted by molar-refractivity contribution is 6.44. The van der Waals surface area contributed by atoms with Crippen LogP contribution in [0.15, 0.2) is 35.6 Å². The largest absolute Gasteiger partial charge is 0.461 e. The van der Waals surface area contributed by atoms with E-state index in [1.165, 1.54) is 0 Å². The molecule has 5 nitrogen and oxygen atoms in total. The standard InChI is InChI=1S/C14H12N2O3/c1-2-18-14(17)13-10-5-6-12-9(4-3-7-15-12)11(10)8-19-16-13/h3-7H,2,8H2,1H3. The molecule has 0 atom stereocenters. The fourth-order valence-corrected chi connectivity index (χ4v) is 2.15. The number of hydrogen-bond donors (Lipinski definition) is 0. The van der Waals surface area contributed by atoms with Gasteiger partial charge in [-0.05, 0) is 25.1 Å². The first-order valence-corrected chi connectivity index (χ1v) is 6.05. The lowest BCUT2D eigenvalue weighted by molar-refractivity contribution is -0.135. The molecule has 1 aliphatic heterocycles. The molecule has 1 aliphatic rings. The van der Waals surface area contributed by atoms with Crippen LogP contribution in [0.1, 0.15) is 18.1 Å². The predicted octanol–water partition coefficient (Wildman–Crippen LogP) is 2.03. The fraction of sp³-hybridized carbons (Fsp3) is 0.214. The smallest absolute Gasteiger partial charge is 0.361 e. The number of carbonyl (C=O) groups excluding carboxylic acids is 1. The fourth-order valence-electron chi connectivity index (χ4n) is 2.15. The molecule has 0 spiro atoms. The van der Waals surface area contributed by atoms with Crippen LogP contribution < -0.4 is 0 Å². The van der Waals surface area contributed by atoms with Gasteiger partial charge < -0.3 is 9.57 Å². The Morgan fingerprint density at radius 3 is 3.16 bits per heavy atom. The minimum atomic E-state index is -0.466. The molecule has 0 bridgehead atoms. The average molecular weight is 256 g/mol. The Kier molecular flexibility index (Phi) is 2.87. The number of hydrogen-bond acceptors (Lipinski definition) is 5. The molecule has 1 aromatic heterocycles. The van der Waals surface area contributed by atoms with Crippen LogP contribution in [0.4, 0.5) is 0 Å². The Labute approximate surface area is 109 Å². The second-order valence-electron chi connectivity index (χ2n) is 4.10. The SMILES string of the molecule is CCOC(=O)C1=NOCc2c1ccc1ncccc21. The second kappa shape index (κ2) is 4.68. The van der Waals surface area contributed by atoms with Gasteiger partial charge in [-0.15, -0.1) is 0 Å². The first-order valence-electron chi connectivity index (χ1n) is 6.05. The van der Waals surface area contributed by atoms with Crippen molar-refractivity contribution in [2.45, 2.75) is 13.5 Å². The van der Waals surface area contributed by atoms with Gasteiger partial charge in [-0.2, -0.15) is 0 Å². The normalized spacial score (nSPS) is 13.4. The van der Waals surface area contributed by atoms with Crippen LogP contribution in [0.25, 0.3) is 10.9 Å². The highest BCUT2D eigenvalue weighted by Gasteiger charge is 2.24. The summed E-state index contributed by atoms with van der Waals surface area (Å²) >= 11 is 0. The van der Waals surface area contributed by atoms with Gasteiger partial charge in [0.15, 0.2) is 5.71 Å². The maximum Gasteiger partial charge on any atom is 0.361 e. The third-order valence-corrected chi connectivity index (χ3v) is 2.99. The summed E-state index contributed by atoms with van der Waals surface area (Å²) in [4.78, 5) is 21.3. The van der Waals surface area contributed by atoms with Crippen molar-refractivity contribution in [3.8, 4) is 0 Å². The average Bonchev–Trinajstić information content (AvgIpc) is 2.46. The van der Waals surface area contributed by atoms with Gasteiger partial charge in [0, 0.05) is 22.7 Å². The highest BCUT2D eigenvalue weighted by atomic mass is 16.6. The zero-order valence-electron chi connectivity index (χ0n) is 10.4. The van der Waals surface area contributed by atoms with E-state index >= 15 is 0 Å². The summed E-state index contributed by atoms with van der Waals surface area (Å²) in [6, 6.07) is 7.52. The Morgan fingerprint density at radius 2 is 2.32 bits per heavy atom. The Balaban J connectivity index is 2.15. The topological polar surface area (TPSA) is 60.8 Å². The molecule has 0 aliphatic carbocycles.